The van der Waals surface area contributed by atoms with Gasteiger partial charge in [0.1, 0.15) is 5.75 Å². The summed E-state index contributed by atoms with van der Waals surface area (Å²) in [5.41, 5.74) is 6.95. The van der Waals surface area contributed by atoms with Crippen molar-refractivity contribution in [2.45, 2.75) is 45.6 Å². The second-order valence-electron chi connectivity index (χ2n) is 4.39. The largest absolute Gasteiger partial charge is 0.492 e. The molecule has 0 aromatic heterocycles. The third-order valence-electron chi connectivity index (χ3n) is 2.74. The molecule has 0 aliphatic heterocycles. The zero-order chi connectivity index (χ0) is 12.7. The zero-order valence-corrected chi connectivity index (χ0v) is 12.3. The van der Waals surface area contributed by atoms with E-state index < -0.39 is 0 Å². The lowest BCUT2D eigenvalue weighted by Gasteiger charge is -2.11. The molecule has 0 amide bonds. The van der Waals surface area contributed by atoms with Crippen molar-refractivity contribution >= 4 is 15.9 Å². The first kappa shape index (κ1) is 14.5. The molecule has 1 atom stereocenters. The Morgan fingerprint density at radius 2 is 2.06 bits per heavy atom. The van der Waals surface area contributed by atoms with E-state index in [1.54, 1.807) is 0 Å². The van der Waals surface area contributed by atoms with Crippen molar-refractivity contribution in [3.05, 3.63) is 28.2 Å². The molecule has 0 saturated heterocycles. The monoisotopic (exact) mass is 299 g/mol. The molecule has 0 radical (unpaired) electrons. The number of hydrogen-bond acceptors (Lipinski definition) is 2. The van der Waals surface area contributed by atoms with Gasteiger partial charge in [-0.25, -0.2) is 0 Å². The van der Waals surface area contributed by atoms with Gasteiger partial charge >= 0.3 is 0 Å². The van der Waals surface area contributed by atoms with E-state index in [1.165, 1.54) is 19.3 Å². The van der Waals surface area contributed by atoms with Crippen LogP contribution in [0, 0.1) is 0 Å². The Labute approximate surface area is 113 Å². The molecule has 1 aromatic rings. The summed E-state index contributed by atoms with van der Waals surface area (Å²) in [6, 6.07) is 6.11. The van der Waals surface area contributed by atoms with Crippen molar-refractivity contribution in [1.82, 2.24) is 0 Å². The molecule has 2 N–H and O–H groups in total. The summed E-state index contributed by atoms with van der Waals surface area (Å²) >= 11 is 3.52. The van der Waals surface area contributed by atoms with Crippen LogP contribution in [-0.4, -0.2) is 6.61 Å². The second-order valence-corrected chi connectivity index (χ2v) is 5.24. The van der Waals surface area contributed by atoms with E-state index in [0.29, 0.717) is 0 Å². The van der Waals surface area contributed by atoms with Crippen LogP contribution in [0.1, 0.15) is 51.1 Å². The minimum atomic E-state index is 0.0601. The van der Waals surface area contributed by atoms with Gasteiger partial charge in [-0.2, -0.15) is 0 Å². The summed E-state index contributed by atoms with van der Waals surface area (Å²) in [5, 5.41) is 0. The highest BCUT2D eigenvalue weighted by Gasteiger charge is 2.05. The standard InChI is InChI=1S/C14H22BrNO/c1-3-4-5-6-9-17-14-8-7-12(11(2)16)10-13(14)15/h7-8,10-11H,3-6,9,16H2,1-2H3/t11-/m1/s1. The van der Waals surface area contributed by atoms with Crippen LogP contribution in [0.4, 0.5) is 0 Å². The van der Waals surface area contributed by atoms with Gasteiger partial charge in [0.15, 0.2) is 0 Å². The fourth-order valence-electron chi connectivity index (χ4n) is 1.63. The molecule has 1 aromatic carbocycles. The molecule has 3 heteroatoms. The van der Waals surface area contributed by atoms with E-state index in [4.69, 9.17) is 10.5 Å². The number of benzene rings is 1. The third-order valence-corrected chi connectivity index (χ3v) is 3.36. The van der Waals surface area contributed by atoms with Crippen LogP contribution in [0.5, 0.6) is 5.75 Å². The number of hydrogen-bond donors (Lipinski definition) is 1. The molecule has 96 valence electrons. The van der Waals surface area contributed by atoms with Gasteiger partial charge in [-0.3, -0.25) is 0 Å². The molecule has 17 heavy (non-hydrogen) atoms. The molecule has 0 saturated carbocycles. The molecular formula is C14H22BrNO. The first-order valence-corrected chi connectivity index (χ1v) is 7.12. The van der Waals surface area contributed by atoms with E-state index in [-0.39, 0.29) is 6.04 Å². The van der Waals surface area contributed by atoms with E-state index >= 15 is 0 Å². The molecule has 0 aliphatic carbocycles. The third kappa shape index (κ3) is 5.09. The number of ether oxygens (including phenoxy) is 1. The number of rotatable bonds is 7. The quantitative estimate of drug-likeness (QED) is 0.756. The predicted molar refractivity (Wildman–Crippen MR) is 76.4 cm³/mol. The van der Waals surface area contributed by atoms with Gasteiger partial charge in [-0.05, 0) is 47.0 Å². The van der Waals surface area contributed by atoms with Gasteiger partial charge in [0.2, 0.25) is 0 Å². The van der Waals surface area contributed by atoms with E-state index in [1.807, 2.05) is 25.1 Å². The van der Waals surface area contributed by atoms with Crippen LogP contribution in [0.15, 0.2) is 22.7 Å². The second kappa shape index (κ2) is 7.72. The van der Waals surface area contributed by atoms with Gasteiger partial charge in [-0.1, -0.05) is 32.3 Å². The topological polar surface area (TPSA) is 35.2 Å². The minimum Gasteiger partial charge on any atom is -0.492 e. The summed E-state index contributed by atoms with van der Waals surface area (Å²) in [7, 11) is 0. The average Bonchev–Trinajstić information content (AvgIpc) is 2.30. The Balaban J connectivity index is 2.43. The SMILES string of the molecule is CCCCCCOc1ccc([C@@H](C)N)cc1Br. The lowest BCUT2D eigenvalue weighted by molar-refractivity contribution is 0.303. The maximum atomic E-state index is 5.83. The van der Waals surface area contributed by atoms with Crippen molar-refractivity contribution < 1.29 is 4.74 Å². The summed E-state index contributed by atoms with van der Waals surface area (Å²) in [6.45, 7) is 4.98. The Kier molecular flexibility index (Phi) is 6.60. The smallest absolute Gasteiger partial charge is 0.133 e. The Bertz CT molecular complexity index is 339. The van der Waals surface area contributed by atoms with Gasteiger partial charge < -0.3 is 10.5 Å². The lowest BCUT2D eigenvalue weighted by Crippen LogP contribution is -2.05. The highest BCUT2D eigenvalue weighted by molar-refractivity contribution is 9.10. The summed E-state index contributed by atoms with van der Waals surface area (Å²) < 4.78 is 6.72. The number of halogens is 1. The fourth-order valence-corrected chi connectivity index (χ4v) is 2.14. The van der Waals surface area contributed by atoms with Gasteiger partial charge in [-0.15, -0.1) is 0 Å². The summed E-state index contributed by atoms with van der Waals surface area (Å²) in [4.78, 5) is 0. The van der Waals surface area contributed by atoms with Crippen molar-refractivity contribution in [3.63, 3.8) is 0 Å². The van der Waals surface area contributed by atoms with Gasteiger partial charge in [0, 0.05) is 6.04 Å². The maximum absolute atomic E-state index is 5.83. The van der Waals surface area contributed by atoms with Crippen molar-refractivity contribution in [2.24, 2.45) is 5.73 Å². The molecule has 0 heterocycles. The minimum absolute atomic E-state index is 0.0601. The summed E-state index contributed by atoms with van der Waals surface area (Å²) in [5.74, 6) is 0.908. The van der Waals surface area contributed by atoms with E-state index in [2.05, 4.69) is 22.9 Å². The molecule has 1 rings (SSSR count). The molecule has 2 nitrogen and oxygen atoms in total. The normalized spacial score (nSPS) is 12.5. The molecule has 0 fully saturated rings. The number of nitrogens with two attached hydrogens (primary N) is 1. The maximum Gasteiger partial charge on any atom is 0.133 e. The van der Waals surface area contributed by atoms with E-state index in [9.17, 15) is 0 Å². The first-order valence-electron chi connectivity index (χ1n) is 6.33. The van der Waals surface area contributed by atoms with Crippen molar-refractivity contribution in [1.29, 1.82) is 0 Å². The van der Waals surface area contributed by atoms with Crippen LogP contribution in [-0.2, 0) is 0 Å². The van der Waals surface area contributed by atoms with Gasteiger partial charge in [0.05, 0.1) is 11.1 Å². The fraction of sp³-hybridized carbons (Fsp3) is 0.571. The number of unbranched alkanes of at least 4 members (excludes halogenated alkanes) is 3. The Morgan fingerprint density at radius 3 is 2.65 bits per heavy atom. The zero-order valence-electron chi connectivity index (χ0n) is 10.7. The van der Waals surface area contributed by atoms with Crippen molar-refractivity contribution in [2.75, 3.05) is 6.61 Å². The molecular weight excluding hydrogens is 278 g/mol. The first-order chi connectivity index (χ1) is 8.15. The van der Waals surface area contributed by atoms with Crippen molar-refractivity contribution in [3.8, 4) is 5.75 Å². The summed E-state index contributed by atoms with van der Waals surface area (Å²) in [6.07, 6.45) is 4.91. The molecule has 0 unspecified atom stereocenters. The van der Waals surface area contributed by atoms with Crippen LogP contribution in [0.2, 0.25) is 0 Å². The highest BCUT2D eigenvalue weighted by atomic mass is 79.9. The highest BCUT2D eigenvalue weighted by Crippen LogP contribution is 2.28. The molecule has 0 spiro atoms. The van der Waals surface area contributed by atoms with Crippen LogP contribution in [0.25, 0.3) is 0 Å². The van der Waals surface area contributed by atoms with Gasteiger partial charge in [0.25, 0.3) is 0 Å². The van der Waals surface area contributed by atoms with E-state index in [0.717, 1.165) is 28.8 Å². The van der Waals surface area contributed by atoms with Crippen LogP contribution >= 0.6 is 15.9 Å². The molecule has 0 aliphatic rings. The van der Waals surface area contributed by atoms with Crippen LogP contribution in [0.3, 0.4) is 0 Å². The predicted octanol–water partition coefficient (Wildman–Crippen LogP) is 4.43. The molecule has 0 bridgehead atoms. The van der Waals surface area contributed by atoms with Crippen LogP contribution < -0.4 is 10.5 Å². The lowest BCUT2D eigenvalue weighted by atomic mass is 10.1. The average molecular weight is 300 g/mol. The Morgan fingerprint density at radius 1 is 1.29 bits per heavy atom. The Hall–Kier alpha value is -0.540.